The molecule has 4 rings (SSSR count). The second-order valence-electron chi connectivity index (χ2n) is 7.13. The molecule has 1 aromatic heterocycles. The largest absolute Gasteiger partial charge is 0.416 e. The van der Waals surface area contributed by atoms with Gasteiger partial charge in [-0.2, -0.15) is 13.2 Å². The molecule has 0 radical (unpaired) electrons. The molecule has 0 unspecified atom stereocenters. The molecule has 9 heteroatoms. The molecule has 3 N–H and O–H groups in total. The summed E-state index contributed by atoms with van der Waals surface area (Å²) in [7, 11) is 0. The number of halogens is 3. The topological polar surface area (TPSA) is 74.2 Å². The van der Waals surface area contributed by atoms with E-state index in [9.17, 15) is 23.1 Å². The smallest absolute Gasteiger partial charge is 0.389 e. The fraction of sp³-hybridized carbons (Fsp3) is 0.182. The van der Waals surface area contributed by atoms with Crippen LogP contribution in [0.3, 0.4) is 0 Å². The van der Waals surface area contributed by atoms with Gasteiger partial charge in [-0.1, -0.05) is 18.2 Å². The molecule has 0 spiro atoms. The van der Waals surface area contributed by atoms with Crippen LogP contribution in [0.1, 0.15) is 26.6 Å². The molecule has 0 saturated heterocycles. The third-order valence-corrected chi connectivity index (χ3v) is 5.85. The molecule has 0 atom stereocenters. The summed E-state index contributed by atoms with van der Waals surface area (Å²) in [5, 5.41) is 15.5. The van der Waals surface area contributed by atoms with Crippen LogP contribution in [0, 0.1) is 13.8 Å². The van der Waals surface area contributed by atoms with Crippen molar-refractivity contribution >= 4 is 34.3 Å². The molecule has 0 fully saturated rings. The number of amides is 1. The van der Waals surface area contributed by atoms with Crippen molar-refractivity contribution in [2.24, 2.45) is 0 Å². The summed E-state index contributed by atoms with van der Waals surface area (Å²) in [5.74, 6) is -0.531. The van der Waals surface area contributed by atoms with Crippen molar-refractivity contribution < 1.29 is 23.1 Å². The second-order valence-corrected chi connectivity index (χ2v) is 8.42. The number of hydrogen-bond acceptors (Lipinski definition) is 5. The Morgan fingerprint density at radius 2 is 1.77 bits per heavy atom. The highest BCUT2D eigenvalue weighted by molar-refractivity contribution is 7.12. The van der Waals surface area contributed by atoms with Crippen LogP contribution in [0.4, 0.5) is 24.5 Å². The van der Waals surface area contributed by atoms with Crippen LogP contribution >= 0.6 is 11.3 Å². The van der Waals surface area contributed by atoms with E-state index < -0.39 is 17.6 Å². The van der Waals surface area contributed by atoms with Gasteiger partial charge in [-0.25, -0.2) is 4.98 Å². The standard InChI is InChI=1S/C22H18F3N3O2S/c1-11-6-17-18(8-15(11)22(23,24)25)27-19(30)9-16(26-17)13-4-3-5-14(7-13)21-12(2)31-20(10-29)28-21/h3-9,26,29H,10H2,1-2H3,(H,27,30). The van der Waals surface area contributed by atoms with Crippen LogP contribution < -0.4 is 10.6 Å². The van der Waals surface area contributed by atoms with E-state index >= 15 is 0 Å². The number of aliphatic hydroxyl groups excluding tert-OH is 1. The van der Waals surface area contributed by atoms with Crippen molar-refractivity contribution in [1.29, 1.82) is 0 Å². The number of nitrogens with one attached hydrogen (secondary N) is 2. The zero-order chi connectivity index (χ0) is 22.3. The third-order valence-electron chi connectivity index (χ3n) is 4.90. The number of anilines is 2. The fourth-order valence-corrected chi connectivity index (χ4v) is 4.29. The van der Waals surface area contributed by atoms with Gasteiger partial charge in [-0.05, 0) is 43.2 Å². The minimum atomic E-state index is -4.51. The van der Waals surface area contributed by atoms with Crippen molar-refractivity contribution in [3.63, 3.8) is 0 Å². The monoisotopic (exact) mass is 445 g/mol. The Morgan fingerprint density at radius 1 is 1.06 bits per heavy atom. The lowest BCUT2D eigenvalue weighted by Crippen LogP contribution is -2.11. The minimum Gasteiger partial charge on any atom is -0.389 e. The number of benzene rings is 2. The number of fused-ring (bicyclic) bond motifs is 1. The average Bonchev–Trinajstić information content (AvgIpc) is 3.00. The van der Waals surface area contributed by atoms with Crippen LogP contribution in [-0.2, 0) is 17.6 Å². The van der Waals surface area contributed by atoms with Crippen LogP contribution in [0.2, 0.25) is 0 Å². The van der Waals surface area contributed by atoms with Gasteiger partial charge in [-0.3, -0.25) is 4.79 Å². The minimum absolute atomic E-state index is 0.0534. The maximum absolute atomic E-state index is 13.3. The summed E-state index contributed by atoms with van der Waals surface area (Å²) in [5.41, 5.74) is 2.37. The molecule has 2 aromatic carbocycles. The van der Waals surface area contributed by atoms with Crippen LogP contribution in [-0.4, -0.2) is 16.0 Å². The van der Waals surface area contributed by atoms with Crippen molar-refractivity contribution in [1.82, 2.24) is 4.98 Å². The molecule has 2 heterocycles. The molecule has 5 nitrogen and oxygen atoms in total. The SMILES string of the molecule is Cc1cc2c(cc1C(F)(F)F)NC(=O)C=C(c1cccc(-c3nc(CO)sc3C)c1)N2. The summed E-state index contributed by atoms with van der Waals surface area (Å²) >= 11 is 1.40. The molecule has 0 bridgehead atoms. The van der Waals surface area contributed by atoms with Gasteiger partial charge >= 0.3 is 6.18 Å². The Balaban J connectivity index is 1.74. The number of aliphatic hydroxyl groups is 1. The van der Waals surface area contributed by atoms with Gasteiger partial charge < -0.3 is 15.7 Å². The molecule has 160 valence electrons. The lowest BCUT2D eigenvalue weighted by atomic mass is 10.0. The van der Waals surface area contributed by atoms with Crippen molar-refractivity contribution in [3.8, 4) is 11.3 Å². The molecule has 3 aromatic rings. The van der Waals surface area contributed by atoms with Gasteiger partial charge in [0.15, 0.2) is 0 Å². The van der Waals surface area contributed by atoms with E-state index in [1.807, 2.05) is 25.1 Å². The van der Waals surface area contributed by atoms with E-state index in [0.29, 0.717) is 22.0 Å². The van der Waals surface area contributed by atoms with Gasteiger partial charge in [-0.15, -0.1) is 11.3 Å². The number of aromatic nitrogens is 1. The Hall–Kier alpha value is -3.17. The maximum Gasteiger partial charge on any atom is 0.416 e. The van der Waals surface area contributed by atoms with Gasteiger partial charge in [0.2, 0.25) is 0 Å². The summed E-state index contributed by atoms with van der Waals surface area (Å²) in [4.78, 5) is 17.8. The molecule has 1 amide bonds. The number of carbonyl (C=O) groups excluding carboxylic acids is 1. The number of carbonyl (C=O) groups is 1. The first-order chi connectivity index (χ1) is 14.7. The molecule has 0 saturated carbocycles. The highest BCUT2D eigenvalue weighted by atomic mass is 32.1. The molecule has 31 heavy (non-hydrogen) atoms. The average molecular weight is 445 g/mol. The van der Waals surface area contributed by atoms with Crippen molar-refractivity contribution in [3.05, 3.63) is 69.0 Å². The number of thiazole rings is 1. The van der Waals surface area contributed by atoms with E-state index in [-0.39, 0.29) is 17.9 Å². The molecule has 0 aliphatic carbocycles. The van der Waals surface area contributed by atoms with E-state index in [2.05, 4.69) is 15.6 Å². The fourth-order valence-electron chi connectivity index (χ4n) is 3.48. The van der Waals surface area contributed by atoms with E-state index in [4.69, 9.17) is 0 Å². The quantitative estimate of drug-likeness (QED) is 0.509. The van der Waals surface area contributed by atoms with Crippen molar-refractivity contribution in [2.45, 2.75) is 26.6 Å². The van der Waals surface area contributed by atoms with Gasteiger partial charge in [0.1, 0.15) is 5.01 Å². The number of hydrogen-bond donors (Lipinski definition) is 3. The summed E-state index contributed by atoms with van der Waals surface area (Å²) in [6.07, 6.45) is -3.20. The Labute approximate surface area is 180 Å². The summed E-state index contributed by atoms with van der Waals surface area (Å²) in [6, 6.07) is 9.64. The third kappa shape index (κ3) is 4.19. The number of alkyl halides is 3. The van der Waals surface area contributed by atoms with Crippen LogP contribution in [0.5, 0.6) is 0 Å². The lowest BCUT2D eigenvalue weighted by Gasteiger charge is -2.17. The van der Waals surface area contributed by atoms with E-state index in [1.54, 1.807) is 6.07 Å². The molecular formula is C22H18F3N3O2S. The summed E-state index contributed by atoms with van der Waals surface area (Å²) < 4.78 is 39.8. The van der Waals surface area contributed by atoms with E-state index in [0.717, 1.165) is 22.2 Å². The second kappa shape index (κ2) is 7.82. The normalized spacial score (nSPS) is 13.7. The highest BCUT2D eigenvalue weighted by Crippen LogP contribution is 2.39. The van der Waals surface area contributed by atoms with Gasteiger partial charge in [0.05, 0.1) is 34.9 Å². The Bertz CT molecular complexity index is 1220. The number of aryl methyl sites for hydroxylation is 2. The molecular weight excluding hydrogens is 427 g/mol. The highest BCUT2D eigenvalue weighted by Gasteiger charge is 2.33. The van der Waals surface area contributed by atoms with Gasteiger partial charge in [0.25, 0.3) is 5.91 Å². The first kappa shape index (κ1) is 21.1. The zero-order valence-electron chi connectivity index (χ0n) is 16.6. The predicted octanol–water partition coefficient (Wildman–Crippen LogP) is 5.34. The number of nitrogens with zero attached hydrogens (tertiary/aromatic N) is 1. The number of rotatable bonds is 3. The lowest BCUT2D eigenvalue weighted by molar-refractivity contribution is -0.138. The first-order valence-electron chi connectivity index (χ1n) is 9.35. The maximum atomic E-state index is 13.3. The van der Waals surface area contributed by atoms with E-state index in [1.165, 1.54) is 30.4 Å². The van der Waals surface area contributed by atoms with Gasteiger partial charge in [0, 0.05) is 16.5 Å². The molecule has 1 aliphatic heterocycles. The van der Waals surface area contributed by atoms with Crippen LogP contribution in [0.25, 0.3) is 17.0 Å². The Morgan fingerprint density at radius 3 is 2.45 bits per heavy atom. The zero-order valence-corrected chi connectivity index (χ0v) is 17.4. The van der Waals surface area contributed by atoms with Crippen LogP contribution in [0.15, 0.2) is 42.5 Å². The Kier molecular flexibility index (Phi) is 5.32. The predicted molar refractivity (Wildman–Crippen MR) is 115 cm³/mol. The molecule has 1 aliphatic rings. The summed E-state index contributed by atoms with van der Waals surface area (Å²) in [6.45, 7) is 3.14. The first-order valence-corrected chi connectivity index (χ1v) is 10.2. The van der Waals surface area contributed by atoms with Crippen molar-refractivity contribution in [2.75, 3.05) is 10.6 Å².